The molecule has 102 valence electrons. The summed E-state index contributed by atoms with van der Waals surface area (Å²) in [6.45, 7) is 9.84. The molecule has 1 nitrogen and oxygen atoms in total. The van der Waals surface area contributed by atoms with Gasteiger partial charge in [-0.05, 0) is 44.7 Å². The topological polar surface area (TPSA) is 12.0 Å². The average Bonchev–Trinajstić information content (AvgIpc) is 2.29. The highest BCUT2D eigenvalue weighted by Crippen LogP contribution is 2.28. The first-order chi connectivity index (χ1) is 8.44. The van der Waals surface area contributed by atoms with Crippen molar-refractivity contribution in [3.63, 3.8) is 0 Å². The van der Waals surface area contributed by atoms with E-state index in [1.807, 2.05) is 12.1 Å². The summed E-state index contributed by atoms with van der Waals surface area (Å²) in [6.07, 6.45) is 3.68. The lowest BCUT2D eigenvalue weighted by Crippen LogP contribution is -2.38. The minimum Gasteiger partial charge on any atom is -0.311 e. The fraction of sp³-hybridized carbons (Fsp3) is 0.625. The highest BCUT2D eigenvalue weighted by atomic mass is 35.5. The molecule has 1 unspecified atom stereocenters. The Balaban J connectivity index is 2.75. The normalized spacial score (nSPS) is 13.6. The van der Waals surface area contributed by atoms with Crippen molar-refractivity contribution in [1.29, 1.82) is 0 Å². The van der Waals surface area contributed by atoms with Gasteiger partial charge in [0.25, 0.3) is 0 Å². The van der Waals surface area contributed by atoms with Gasteiger partial charge in [0, 0.05) is 17.1 Å². The third-order valence-corrected chi connectivity index (χ3v) is 3.47. The summed E-state index contributed by atoms with van der Waals surface area (Å²) in [5, 5.41) is 4.50. The van der Waals surface area contributed by atoms with Crippen LogP contribution in [0.25, 0.3) is 0 Å². The first-order valence-electron chi connectivity index (χ1n) is 6.93. The molecule has 0 aliphatic heterocycles. The molecule has 0 aliphatic carbocycles. The van der Waals surface area contributed by atoms with Gasteiger partial charge in [-0.15, -0.1) is 0 Å². The summed E-state index contributed by atoms with van der Waals surface area (Å²) in [5.41, 5.74) is 1.44. The molecule has 0 saturated heterocycles. The Bertz CT molecular complexity index is 354. The van der Waals surface area contributed by atoms with Gasteiger partial charge < -0.3 is 5.32 Å². The third-order valence-electron chi connectivity index (χ3n) is 3.13. The highest BCUT2D eigenvalue weighted by molar-refractivity contribution is 6.31. The summed E-state index contributed by atoms with van der Waals surface area (Å²) >= 11 is 6.32. The Morgan fingerprint density at radius 1 is 1.22 bits per heavy atom. The molecule has 0 fully saturated rings. The van der Waals surface area contributed by atoms with Crippen LogP contribution in [-0.4, -0.2) is 12.1 Å². The van der Waals surface area contributed by atoms with Crippen molar-refractivity contribution in [3.8, 4) is 0 Å². The second-order valence-electron chi connectivity index (χ2n) is 5.99. The zero-order valence-corrected chi connectivity index (χ0v) is 12.8. The quantitative estimate of drug-likeness (QED) is 0.765. The van der Waals surface area contributed by atoms with Crippen LogP contribution in [0.4, 0.5) is 0 Å². The molecule has 0 heterocycles. The molecule has 0 aromatic heterocycles. The molecule has 2 heteroatoms. The fourth-order valence-corrected chi connectivity index (χ4v) is 2.34. The van der Waals surface area contributed by atoms with Gasteiger partial charge >= 0.3 is 0 Å². The molecule has 18 heavy (non-hydrogen) atoms. The number of nitrogens with one attached hydrogen (secondary N) is 1. The van der Waals surface area contributed by atoms with E-state index in [4.69, 9.17) is 11.6 Å². The zero-order chi connectivity index (χ0) is 13.6. The van der Waals surface area contributed by atoms with Crippen LogP contribution in [0.15, 0.2) is 24.3 Å². The number of halogens is 1. The smallest absolute Gasteiger partial charge is 0.0441 e. The predicted molar refractivity (Wildman–Crippen MR) is 81.5 cm³/mol. The molecule has 0 aliphatic rings. The lowest BCUT2D eigenvalue weighted by molar-refractivity contribution is 0.396. The average molecular weight is 268 g/mol. The van der Waals surface area contributed by atoms with Crippen LogP contribution in [0.3, 0.4) is 0 Å². The van der Waals surface area contributed by atoms with Crippen LogP contribution < -0.4 is 5.32 Å². The highest BCUT2D eigenvalue weighted by Gasteiger charge is 2.17. The first kappa shape index (κ1) is 15.5. The van der Waals surface area contributed by atoms with Crippen molar-refractivity contribution in [1.82, 2.24) is 5.32 Å². The van der Waals surface area contributed by atoms with Gasteiger partial charge in [0.15, 0.2) is 0 Å². The van der Waals surface area contributed by atoms with Gasteiger partial charge in [-0.1, -0.05) is 49.6 Å². The molecule has 0 amide bonds. The molecule has 0 spiro atoms. The summed E-state index contributed by atoms with van der Waals surface area (Å²) in [7, 11) is 0. The van der Waals surface area contributed by atoms with Gasteiger partial charge in [-0.25, -0.2) is 0 Å². The minimum absolute atomic E-state index is 0.158. The molecule has 1 atom stereocenters. The van der Waals surface area contributed by atoms with Crippen LogP contribution in [0.5, 0.6) is 0 Å². The molecule has 1 aromatic rings. The van der Waals surface area contributed by atoms with Crippen molar-refractivity contribution in [2.24, 2.45) is 0 Å². The monoisotopic (exact) mass is 267 g/mol. The van der Waals surface area contributed by atoms with Crippen LogP contribution in [0.1, 0.15) is 58.4 Å². The van der Waals surface area contributed by atoms with Gasteiger partial charge in [0.05, 0.1) is 0 Å². The van der Waals surface area contributed by atoms with E-state index in [-0.39, 0.29) is 5.54 Å². The standard InChI is InChI=1S/C16H26ClN/c1-5-6-9-13(12-18-16(2,3)4)14-10-7-8-11-15(14)17/h7-8,10-11,13,18H,5-6,9,12H2,1-4H3. The molecule has 1 aromatic carbocycles. The fourth-order valence-electron chi connectivity index (χ4n) is 2.05. The van der Waals surface area contributed by atoms with E-state index >= 15 is 0 Å². The Kier molecular flexibility index (Phi) is 6.17. The molecular formula is C16H26ClN. The Morgan fingerprint density at radius 3 is 2.44 bits per heavy atom. The summed E-state index contributed by atoms with van der Waals surface area (Å²) in [5.74, 6) is 0.512. The zero-order valence-electron chi connectivity index (χ0n) is 12.1. The van der Waals surface area contributed by atoms with E-state index in [1.165, 1.54) is 24.8 Å². The molecular weight excluding hydrogens is 242 g/mol. The molecule has 1 rings (SSSR count). The van der Waals surface area contributed by atoms with Gasteiger partial charge in [0.2, 0.25) is 0 Å². The predicted octanol–water partition coefficient (Wildman–Crippen LogP) is 5.00. The van der Waals surface area contributed by atoms with E-state index in [2.05, 4.69) is 45.1 Å². The second-order valence-corrected chi connectivity index (χ2v) is 6.40. The van der Waals surface area contributed by atoms with E-state index in [1.54, 1.807) is 0 Å². The lowest BCUT2D eigenvalue weighted by atomic mass is 9.92. The molecule has 0 saturated carbocycles. The van der Waals surface area contributed by atoms with Crippen molar-refractivity contribution in [3.05, 3.63) is 34.9 Å². The Hall–Kier alpha value is -0.530. The van der Waals surface area contributed by atoms with Crippen molar-refractivity contribution < 1.29 is 0 Å². The maximum atomic E-state index is 6.32. The number of hydrogen-bond donors (Lipinski definition) is 1. The third kappa shape index (κ3) is 5.41. The number of rotatable bonds is 6. The summed E-state index contributed by atoms with van der Waals surface area (Å²) < 4.78 is 0. The van der Waals surface area contributed by atoms with Crippen molar-refractivity contribution in [2.75, 3.05) is 6.54 Å². The number of benzene rings is 1. The van der Waals surface area contributed by atoms with E-state index in [9.17, 15) is 0 Å². The van der Waals surface area contributed by atoms with Crippen molar-refractivity contribution >= 4 is 11.6 Å². The summed E-state index contributed by atoms with van der Waals surface area (Å²) in [4.78, 5) is 0. The van der Waals surface area contributed by atoms with Gasteiger partial charge in [0.1, 0.15) is 0 Å². The number of hydrogen-bond acceptors (Lipinski definition) is 1. The minimum atomic E-state index is 0.158. The van der Waals surface area contributed by atoms with Gasteiger partial charge in [-0.2, -0.15) is 0 Å². The van der Waals surface area contributed by atoms with Crippen LogP contribution in [0.2, 0.25) is 5.02 Å². The van der Waals surface area contributed by atoms with Crippen LogP contribution in [-0.2, 0) is 0 Å². The van der Waals surface area contributed by atoms with Gasteiger partial charge in [-0.3, -0.25) is 0 Å². The largest absolute Gasteiger partial charge is 0.311 e. The second kappa shape index (κ2) is 7.16. The SMILES string of the molecule is CCCCC(CNC(C)(C)C)c1ccccc1Cl. The van der Waals surface area contributed by atoms with Crippen LogP contribution in [0, 0.1) is 0 Å². The lowest BCUT2D eigenvalue weighted by Gasteiger charge is -2.26. The van der Waals surface area contributed by atoms with E-state index < -0.39 is 0 Å². The first-order valence-corrected chi connectivity index (χ1v) is 7.31. The molecule has 1 N–H and O–H groups in total. The van der Waals surface area contributed by atoms with E-state index in [0.29, 0.717) is 5.92 Å². The maximum absolute atomic E-state index is 6.32. The van der Waals surface area contributed by atoms with Crippen LogP contribution >= 0.6 is 11.6 Å². The Labute approximate surface area is 117 Å². The number of unbranched alkanes of at least 4 members (excludes halogenated alkanes) is 1. The van der Waals surface area contributed by atoms with E-state index in [0.717, 1.165) is 11.6 Å². The maximum Gasteiger partial charge on any atom is 0.0441 e. The molecule has 0 bridgehead atoms. The van der Waals surface area contributed by atoms with Crippen molar-refractivity contribution in [2.45, 2.75) is 58.4 Å². The Morgan fingerprint density at radius 2 is 1.89 bits per heavy atom. The summed E-state index contributed by atoms with van der Waals surface area (Å²) in [6, 6.07) is 8.23. The molecule has 0 radical (unpaired) electrons.